The van der Waals surface area contributed by atoms with E-state index in [1.165, 1.54) is 6.33 Å². The van der Waals surface area contributed by atoms with Gasteiger partial charge < -0.3 is 9.84 Å². The molecule has 1 saturated carbocycles. The first-order valence-corrected chi connectivity index (χ1v) is 10.6. The molecule has 0 amide bonds. The molecule has 2 aromatic heterocycles. The molecule has 0 bridgehead atoms. The number of ether oxygens (including phenoxy) is 1. The molecule has 30 heavy (non-hydrogen) atoms. The maximum Gasteiger partial charge on any atom is 0.253 e. The first kappa shape index (κ1) is 20.9. The zero-order valence-electron chi connectivity index (χ0n) is 16.5. The molecule has 2 heterocycles. The Bertz CT molecular complexity index is 1010. The molecular formula is C21H23ClF2N4O2. The van der Waals surface area contributed by atoms with Gasteiger partial charge in [0.15, 0.2) is 0 Å². The minimum absolute atomic E-state index is 0.00139. The zero-order valence-corrected chi connectivity index (χ0v) is 17.2. The Hall–Kier alpha value is -2.32. The van der Waals surface area contributed by atoms with E-state index >= 15 is 8.78 Å². The van der Waals surface area contributed by atoms with Crippen LogP contribution in [0.25, 0.3) is 16.9 Å². The van der Waals surface area contributed by atoms with E-state index in [1.807, 2.05) is 0 Å². The molecule has 3 aromatic rings. The zero-order chi connectivity index (χ0) is 21.1. The molecule has 0 radical (unpaired) electrons. The molecule has 1 aliphatic rings. The summed E-state index contributed by atoms with van der Waals surface area (Å²) in [5.41, 5.74) is 0.633. The third kappa shape index (κ3) is 4.11. The molecule has 9 heteroatoms. The van der Waals surface area contributed by atoms with E-state index in [9.17, 15) is 0 Å². The summed E-state index contributed by atoms with van der Waals surface area (Å²) in [4.78, 5) is 8.34. The second-order valence-corrected chi connectivity index (χ2v) is 7.87. The van der Waals surface area contributed by atoms with Crippen LogP contribution in [0.3, 0.4) is 0 Å². The number of hydrogen-bond donors (Lipinski definition) is 1. The molecule has 6 nitrogen and oxygen atoms in total. The fraction of sp³-hybridized carbons (Fsp3) is 0.476. The second kappa shape index (κ2) is 9.22. The SMILES string of the molecule is OCCCOc1cc(F)c(-c2c(Cl)nc3ncnn3c2C2CCCCCC2)c(F)c1. The highest BCUT2D eigenvalue weighted by molar-refractivity contribution is 6.32. The normalized spacial score (nSPS) is 15.5. The number of fused-ring (bicyclic) bond motifs is 1. The molecule has 1 aliphatic carbocycles. The Labute approximate surface area is 177 Å². The summed E-state index contributed by atoms with van der Waals surface area (Å²) >= 11 is 6.46. The van der Waals surface area contributed by atoms with Gasteiger partial charge in [0.25, 0.3) is 5.78 Å². The number of nitrogens with zero attached hydrogens (tertiary/aromatic N) is 4. The monoisotopic (exact) mass is 436 g/mol. The van der Waals surface area contributed by atoms with Crippen molar-refractivity contribution in [2.45, 2.75) is 50.9 Å². The van der Waals surface area contributed by atoms with E-state index in [1.54, 1.807) is 4.52 Å². The van der Waals surface area contributed by atoms with E-state index in [-0.39, 0.29) is 41.2 Å². The number of aromatic nitrogens is 4. The maximum absolute atomic E-state index is 15.1. The fourth-order valence-electron chi connectivity index (χ4n) is 4.12. The number of benzene rings is 1. The van der Waals surface area contributed by atoms with Crippen molar-refractivity contribution in [2.24, 2.45) is 0 Å². The molecule has 0 aliphatic heterocycles. The number of halogens is 3. The summed E-state index contributed by atoms with van der Waals surface area (Å²) in [6, 6.07) is 2.27. The average Bonchev–Trinajstić information content (AvgIpc) is 3.00. The van der Waals surface area contributed by atoms with Gasteiger partial charge in [-0.05, 0) is 12.8 Å². The van der Waals surface area contributed by atoms with Gasteiger partial charge in [0.05, 0.1) is 17.9 Å². The molecule has 1 N–H and O–H groups in total. The molecule has 0 unspecified atom stereocenters. The van der Waals surface area contributed by atoms with Crippen LogP contribution in [0.1, 0.15) is 56.6 Å². The van der Waals surface area contributed by atoms with Gasteiger partial charge in [-0.2, -0.15) is 15.1 Å². The number of rotatable bonds is 6. The molecule has 0 atom stereocenters. The Balaban J connectivity index is 1.86. The quantitative estimate of drug-likeness (QED) is 0.337. The van der Waals surface area contributed by atoms with Crippen molar-refractivity contribution in [3.63, 3.8) is 0 Å². The van der Waals surface area contributed by atoms with Gasteiger partial charge >= 0.3 is 0 Å². The fourth-order valence-corrected chi connectivity index (χ4v) is 4.39. The first-order chi connectivity index (χ1) is 14.6. The third-order valence-corrected chi connectivity index (χ3v) is 5.77. The van der Waals surface area contributed by atoms with Crippen LogP contribution in [0.4, 0.5) is 8.78 Å². The van der Waals surface area contributed by atoms with Gasteiger partial charge in [0.1, 0.15) is 28.9 Å². The second-order valence-electron chi connectivity index (χ2n) is 7.51. The van der Waals surface area contributed by atoms with Crippen molar-refractivity contribution >= 4 is 17.4 Å². The highest BCUT2D eigenvalue weighted by atomic mass is 35.5. The van der Waals surface area contributed by atoms with E-state index in [0.29, 0.717) is 17.9 Å². The smallest absolute Gasteiger partial charge is 0.253 e. The van der Waals surface area contributed by atoms with Crippen molar-refractivity contribution < 1.29 is 18.6 Å². The summed E-state index contributed by atoms with van der Waals surface area (Å²) in [7, 11) is 0. The lowest BCUT2D eigenvalue weighted by molar-refractivity contribution is 0.233. The molecular weight excluding hydrogens is 414 g/mol. The van der Waals surface area contributed by atoms with E-state index in [0.717, 1.165) is 50.7 Å². The first-order valence-electron chi connectivity index (χ1n) is 10.2. The minimum atomic E-state index is -0.785. The van der Waals surface area contributed by atoms with Crippen LogP contribution in [0.2, 0.25) is 5.15 Å². The third-order valence-electron chi connectivity index (χ3n) is 5.50. The molecule has 0 saturated heterocycles. The summed E-state index contributed by atoms with van der Waals surface area (Å²) < 4.78 is 37.2. The maximum atomic E-state index is 15.1. The largest absolute Gasteiger partial charge is 0.493 e. The minimum Gasteiger partial charge on any atom is -0.493 e. The van der Waals surface area contributed by atoms with Crippen molar-refractivity contribution in [3.05, 3.63) is 40.9 Å². The van der Waals surface area contributed by atoms with Crippen molar-refractivity contribution in [1.29, 1.82) is 0 Å². The molecule has 1 aromatic carbocycles. The number of aliphatic hydroxyl groups excluding tert-OH is 1. The number of hydrogen-bond acceptors (Lipinski definition) is 5. The highest BCUT2D eigenvalue weighted by Gasteiger charge is 2.29. The Morgan fingerprint density at radius 1 is 1.10 bits per heavy atom. The van der Waals surface area contributed by atoms with E-state index in [2.05, 4.69) is 15.1 Å². The average molecular weight is 437 g/mol. The lowest BCUT2D eigenvalue weighted by Crippen LogP contribution is -2.12. The van der Waals surface area contributed by atoms with Crippen LogP contribution in [0.5, 0.6) is 5.75 Å². The lowest BCUT2D eigenvalue weighted by atomic mass is 9.90. The van der Waals surface area contributed by atoms with E-state index in [4.69, 9.17) is 21.4 Å². The molecule has 1 fully saturated rings. The van der Waals surface area contributed by atoms with Crippen LogP contribution in [-0.4, -0.2) is 37.9 Å². The van der Waals surface area contributed by atoms with Gasteiger partial charge in [-0.25, -0.2) is 13.3 Å². The van der Waals surface area contributed by atoms with Gasteiger partial charge in [-0.3, -0.25) is 0 Å². The standard InChI is InChI=1S/C21H23ClF2N4O2/c22-20-18(17-15(23)10-14(11-16(17)24)30-9-5-8-29)19(13-6-3-1-2-4-7-13)28-21(27-20)25-12-26-28/h10-13,29H,1-9H2. The lowest BCUT2D eigenvalue weighted by Gasteiger charge is -2.21. The number of aliphatic hydroxyl groups is 1. The Kier molecular flexibility index (Phi) is 6.43. The molecule has 4 rings (SSSR count). The van der Waals surface area contributed by atoms with Crippen LogP contribution in [0.15, 0.2) is 18.5 Å². The van der Waals surface area contributed by atoms with Crippen LogP contribution in [-0.2, 0) is 0 Å². The van der Waals surface area contributed by atoms with Crippen molar-refractivity contribution in [3.8, 4) is 16.9 Å². The highest BCUT2D eigenvalue weighted by Crippen LogP contribution is 2.42. The van der Waals surface area contributed by atoms with Crippen molar-refractivity contribution in [2.75, 3.05) is 13.2 Å². The summed E-state index contributed by atoms with van der Waals surface area (Å²) in [5, 5.41) is 13.1. The molecule has 160 valence electrons. The van der Waals surface area contributed by atoms with Gasteiger partial charge in [0.2, 0.25) is 0 Å². The summed E-state index contributed by atoms with van der Waals surface area (Å²) in [6.07, 6.45) is 7.83. The van der Waals surface area contributed by atoms with Crippen molar-refractivity contribution in [1.82, 2.24) is 19.6 Å². The summed E-state index contributed by atoms with van der Waals surface area (Å²) in [6.45, 7) is 0.0995. The Morgan fingerprint density at radius 2 is 1.80 bits per heavy atom. The predicted molar refractivity (Wildman–Crippen MR) is 109 cm³/mol. The Morgan fingerprint density at radius 3 is 2.47 bits per heavy atom. The van der Waals surface area contributed by atoms with Gasteiger partial charge in [-0.1, -0.05) is 37.3 Å². The summed E-state index contributed by atoms with van der Waals surface area (Å²) in [5.74, 6) is -1.15. The van der Waals surface area contributed by atoms with Gasteiger partial charge in [-0.15, -0.1) is 0 Å². The molecule has 0 spiro atoms. The van der Waals surface area contributed by atoms with Crippen LogP contribution in [0, 0.1) is 11.6 Å². The predicted octanol–water partition coefficient (Wildman–Crippen LogP) is 4.92. The van der Waals surface area contributed by atoms with Crippen LogP contribution >= 0.6 is 11.6 Å². The van der Waals surface area contributed by atoms with Gasteiger partial charge in [0, 0.05) is 36.6 Å². The van der Waals surface area contributed by atoms with Crippen LogP contribution < -0.4 is 4.74 Å². The topological polar surface area (TPSA) is 72.5 Å². The van der Waals surface area contributed by atoms with E-state index < -0.39 is 11.6 Å².